The summed E-state index contributed by atoms with van der Waals surface area (Å²) in [4.78, 5) is 11.3. The lowest BCUT2D eigenvalue weighted by molar-refractivity contribution is -0.114. The van der Waals surface area contributed by atoms with Crippen molar-refractivity contribution < 1.29 is 18.5 Å². The van der Waals surface area contributed by atoms with Crippen molar-refractivity contribution >= 4 is 24.3 Å². The van der Waals surface area contributed by atoms with E-state index in [1.165, 1.54) is 25.1 Å². The van der Waals surface area contributed by atoms with Gasteiger partial charge >= 0.3 is 7.12 Å². The standard InChI is InChI=1S/C15H20BFN2O3/c1-9(20)19-12-7-6-10(17)8-11(12)13(18)16-21-14(2,3)15(4,5)22-16/h6-8,18H,1-5H3,(H,19,20). The van der Waals surface area contributed by atoms with Crippen LogP contribution in [0.25, 0.3) is 0 Å². The van der Waals surface area contributed by atoms with Crippen LogP contribution in [0.3, 0.4) is 0 Å². The fourth-order valence-corrected chi connectivity index (χ4v) is 2.13. The van der Waals surface area contributed by atoms with Gasteiger partial charge in [0, 0.05) is 18.2 Å². The van der Waals surface area contributed by atoms with Gasteiger partial charge in [-0.1, -0.05) is 0 Å². The minimum atomic E-state index is -0.917. The Morgan fingerprint density at radius 2 is 1.77 bits per heavy atom. The van der Waals surface area contributed by atoms with Gasteiger partial charge in [-0.15, -0.1) is 0 Å². The fraction of sp³-hybridized carbons (Fsp3) is 0.467. The highest BCUT2D eigenvalue weighted by molar-refractivity contribution is 6.85. The van der Waals surface area contributed by atoms with Gasteiger partial charge in [0.1, 0.15) is 5.82 Å². The molecule has 0 aromatic heterocycles. The van der Waals surface area contributed by atoms with Gasteiger partial charge in [0.05, 0.1) is 16.8 Å². The van der Waals surface area contributed by atoms with Crippen molar-refractivity contribution in [1.82, 2.24) is 0 Å². The highest BCUT2D eigenvalue weighted by atomic mass is 19.1. The summed E-state index contributed by atoms with van der Waals surface area (Å²) in [5.74, 6) is -0.792. The van der Waals surface area contributed by atoms with Crippen molar-refractivity contribution in [2.45, 2.75) is 45.8 Å². The number of hydrogen-bond donors (Lipinski definition) is 2. The first-order chi connectivity index (χ1) is 10.0. The Morgan fingerprint density at radius 3 is 2.27 bits per heavy atom. The minimum Gasteiger partial charge on any atom is -0.398 e. The monoisotopic (exact) mass is 306 g/mol. The molecule has 1 aromatic rings. The Hall–Kier alpha value is -1.73. The number of hydrogen-bond acceptors (Lipinski definition) is 4. The second-order valence-corrected chi connectivity index (χ2v) is 6.37. The molecule has 1 aliphatic heterocycles. The van der Waals surface area contributed by atoms with E-state index in [0.717, 1.165) is 0 Å². The molecule has 0 unspecified atom stereocenters. The molecule has 1 saturated heterocycles. The summed E-state index contributed by atoms with van der Waals surface area (Å²) in [5.41, 5.74) is -0.610. The highest BCUT2D eigenvalue weighted by Crippen LogP contribution is 2.38. The van der Waals surface area contributed by atoms with E-state index >= 15 is 0 Å². The van der Waals surface area contributed by atoms with Crippen LogP contribution in [0, 0.1) is 11.2 Å². The normalized spacial score (nSPS) is 19.1. The third-order valence-corrected chi connectivity index (χ3v) is 4.07. The quantitative estimate of drug-likeness (QED) is 0.666. The fourth-order valence-electron chi connectivity index (χ4n) is 2.13. The molecule has 1 aliphatic rings. The summed E-state index contributed by atoms with van der Waals surface area (Å²) in [7, 11) is -0.917. The molecule has 0 saturated carbocycles. The Labute approximate surface area is 129 Å². The first-order valence-electron chi connectivity index (χ1n) is 7.05. The number of nitrogens with one attached hydrogen (secondary N) is 2. The van der Waals surface area contributed by atoms with Crippen molar-refractivity contribution in [3.63, 3.8) is 0 Å². The van der Waals surface area contributed by atoms with Crippen LogP contribution in [0.15, 0.2) is 18.2 Å². The van der Waals surface area contributed by atoms with Crippen LogP contribution < -0.4 is 5.32 Å². The van der Waals surface area contributed by atoms with E-state index in [9.17, 15) is 9.18 Å². The van der Waals surface area contributed by atoms with E-state index in [4.69, 9.17) is 14.7 Å². The summed E-state index contributed by atoms with van der Waals surface area (Å²) in [5, 5.41) is 10.9. The summed E-state index contributed by atoms with van der Waals surface area (Å²) in [6.07, 6.45) is 0. The second-order valence-electron chi connectivity index (χ2n) is 6.37. The molecule has 2 N–H and O–H groups in total. The van der Waals surface area contributed by atoms with E-state index in [1.807, 2.05) is 27.7 Å². The lowest BCUT2D eigenvalue weighted by atomic mass is 9.77. The maximum absolute atomic E-state index is 13.5. The van der Waals surface area contributed by atoms with Crippen molar-refractivity contribution in [1.29, 1.82) is 5.41 Å². The molecule has 0 aliphatic carbocycles. The van der Waals surface area contributed by atoms with Crippen LogP contribution in [0.2, 0.25) is 0 Å². The SMILES string of the molecule is CC(=O)Nc1ccc(F)cc1C(=N)B1OC(C)(C)C(C)(C)O1. The molecule has 0 bridgehead atoms. The van der Waals surface area contributed by atoms with Gasteiger partial charge < -0.3 is 20.0 Å². The lowest BCUT2D eigenvalue weighted by Gasteiger charge is -2.32. The molecule has 0 radical (unpaired) electrons. The second kappa shape index (κ2) is 5.48. The Balaban J connectivity index is 2.34. The largest absolute Gasteiger partial charge is 0.514 e. The third-order valence-electron chi connectivity index (χ3n) is 4.07. The number of amides is 1. The van der Waals surface area contributed by atoms with Crippen LogP contribution in [-0.4, -0.2) is 29.8 Å². The number of halogens is 1. The molecular formula is C15H20BFN2O3. The van der Waals surface area contributed by atoms with Crippen LogP contribution >= 0.6 is 0 Å². The third kappa shape index (κ3) is 3.05. The first-order valence-corrected chi connectivity index (χ1v) is 7.05. The molecule has 1 fully saturated rings. The minimum absolute atomic E-state index is 0.0260. The summed E-state index contributed by atoms with van der Waals surface area (Å²) < 4.78 is 25.1. The molecule has 22 heavy (non-hydrogen) atoms. The van der Waals surface area contributed by atoms with Crippen molar-refractivity contribution in [3.8, 4) is 0 Å². The van der Waals surface area contributed by atoms with Crippen molar-refractivity contribution in [2.75, 3.05) is 5.32 Å². The maximum Gasteiger partial charge on any atom is 0.514 e. The Bertz CT molecular complexity index is 615. The van der Waals surface area contributed by atoms with Gasteiger partial charge in [-0.25, -0.2) is 4.39 Å². The van der Waals surface area contributed by atoms with Crippen LogP contribution in [0.4, 0.5) is 10.1 Å². The Morgan fingerprint density at radius 1 is 1.23 bits per heavy atom. The van der Waals surface area contributed by atoms with Gasteiger partial charge in [0.15, 0.2) is 0 Å². The zero-order valence-electron chi connectivity index (χ0n) is 13.4. The molecule has 7 heteroatoms. The predicted octanol–water partition coefficient (Wildman–Crippen LogP) is 2.78. The van der Waals surface area contributed by atoms with E-state index in [1.54, 1.807) is 0 Å². The number of benzene rings is 1. The van der Waals surface area contributed by atoms with Crippen molar-refractivity contribution in [3.05, 3.63) is 29.6 Å². The molecule has 1 aromatic carbocycles. The van der Waals surface area contributed by atoms with Crippen LogP contribution in [0.1, 0.15) is 40.2 Å². The molecule has 0 atom stereocenters. The lowest BCUT2D eigenvalue weighted by Crippen LogP contribution is -2.41. The molecule has 2 rings (SSSR count). The van der Waals surface area contributed by atoms with E-state index < -0.39 is 24.1 Å². The van der Waals surface area contributed by atoms with Crippen LogP contribution in [-0.2, 0) is 14.1 Å². The molecule has 1 amide bonds. The number of rotatable bonds is 3. The topological polar surface area (TPSA) is 71.4 Å². The number of anilines is 1. The Kier molecular flexibility index (Phi) is 4.15. The van der Waals surface area contributed by atoms with Crippen LogP contribution in [0.5, 0.6) is 0 Å². The zero-order valence-corrected chi connectivity index (χ0v) is 13.4. The molecular weight excluding hydrogens is 286 g/mol. The molecule has 0 spiro atoms. The summed E-state index contributed by atoms with van der Waals surface area (Å²) in [6.45, 7) is 8.86. The van der Waals surface area contributed by atoms with Gasteiger partial charge in [0.25, 0.3) is 0 Å². The average Bonchev–Trinajstić information content (AvgIpc) is 2.59. The van der Waals surface area contributed by atoms with Gasteiger partial charge in [-0.05, 0) is 45.9 Å². The average molecular weight is 306 g/mol. The van der Waals surface area contributed by atoms with E-state index in [-0.39, 0.29) is 17.1 Å². The zero-order chi connectivity index (χ0) is 16.7. The van der Waals surface area contributed by atoms with E-state index in [2.05, 4.69) is 5.32 Å². The smallest absolute Gasteiger partial charge is 0.398 e. The predicted molar refractivity (Wildman–Crippen MR) is 83.6 cm³/mol. The van der Waals surface area contributed by atoms with Gasteiger partial charge in [-0.3, -0.25) is 4.79 Å². The molecule has 5 nitrogen and oxygen atoms in total. The summed E-state index contributed by atoms with van der Waals surface area (Å²) >= 11 is 0. The maximum atomic E-state index is 13.5. The number of carbonyl (C=O) groups is 1. The molecule has 1 heterocycles. The first kappa shape index (κ1) is 16.6. The van der Waals surface area contributed by atoms with Gasteiger partial charge in [-0.2, -0.15) is 0 Å². The van der Waals surface area contributed by atoms with Gasteiger partial charge in [0.2, 0.25) is 5.91 Å². The number of carbonyl (C=O) groups excluding carboxylic acids is 1. The summed E-state index contributed by atoms with van der Waals surface area (Å²) in [6, 6.07) is 3.84. The molecule has 118 valence electrons. The highest BCUT2D eigenvalue weighted by Gasteiger charge is 2.53. The van der Waals surface area contributed by atoms with Crippen molar-refractivity contribution in [2.24, 2.45) is 0 Å². The van der Waals surface area contributed by atoms with E-state index in [0.29, 0.717) is 5.69 Å².